The van der Waals surface area contributed by atoms with E-state index in [0.717, 1.165) is 22.3 Å². The molecule has 1 aliphatic rings. The van der Waals surface area contributed by atoms with Gasteiger partial charge < -0.3 is 18.9 Å². The second-order valence-electron chi connectivity index (χ2n) is 10.2. The first-order chi connectivity index (χ1) is 15.5. The number of methoxy groups -OCH3 is 2. The van der Waals surface area contributed by atoms with E-state index < -0.39 is 5.41 Å². The highest BCUT2D eigenvalue weighted by molar-refractivity contribution is 6.02. The minimum Gasteiger partial charge on any atom is -0.493 e. The predicted octanol–water partition coefficient (Wildman–Crippen LogP) is 5.49. The monoisotopic (exact) mass is 454 g/mol. The number of hydrogen-bond acceptors (Lipinski definition) is 6. The van der Waals surface area contributed by atoms with Gasteiger partial charge >= 0.3 is 5.97 Å². The summed E-state index contributed by atoms with van der Waals surface area (Å²) in [5, 5.41) is 0. The van der Waals surface area contributed by atoms with Crippen LogP contribution in [0.1, 0.15) is 57.0 Å². The summed E-state index contributed by atoms with van der Waals surface area (Å²) in [5.41, 5.74) is 2.45. The molecule has 0 fully saturated rings. The quantitative estimate of drug-likeness (QED) is 0.491. The van der Waals surface area contributed by atoms with Crippen molar-refractivity contribution in [2.24, 2.45) is 10.8 Å². The molecule has 0 unspecified atom stereocenters. The molecule has 3 rings (SSSR count). The molecule has 0 N–H and O–H groups in total. The first-order valence-corrected chi connectivity index (χ1v) is 11.2. The topological polar surface area (TPSA) is 71.1 Å². The van der Waals surface area contributed by atoms with Crippen molar-refractivity contribution >= 4 is 11.8 Å². The van der Waals surface area contributed by atoms with E-state index in [9.17, 15) is 9.59 Å². The lowest BCUT2D eigenvalue weighted by Crippen LogP contribution is -2.34. The highest BCUT2D eigenvalue weighted by atomic mass is 16.5. The van der Waals surface area contributed by atoms with Crippen molar-refractivity contribution in [3.05, 3.63) is 41.5 Å². The summed E-state index contributed by atoms with van der Waals surface area (Å²) in [6, 6.07) is 9.45. The Morgan fingerprint density at radius 2 is 1.55 bits per heavy atom. The number of ether oxygens (including phenoxy) is 4. The van der Waals surface area contributed by atoms with E-state index in [1.165, 1.54) is 0 Å². The number of Topliss-reactive ketones (excluding diaryl/α,β-unsaturated/α-hetero) is 1. The van der Waals surface area contributed by atoms with Gasteiger partial charge in [-0.1, -0.05) is 39.0 Å². The normalized spacial score (nSPS) is 13.5. The third kappa shape index (κ3) is 5.32. The van der Waals surface area contributed by atoms with Crippen LogP contribution in [0, 0.1) is 10.8 Å². The van der Waals surface area contributed by atoms with Crippen LogP contribution < -0.4 is 14.2 Å². The molecule has 0 bridgehead atoms. The van der Waals surface area contributed by atoms with E-state index in [1.807, 2.05) is 51.1 Å². The molecule has 0 heterocycles. The van der Waals surface area contributed by atoms with Gasteiger partial charge in [-0.25, -0.2) is 0 Å². The van der Waals surface area contributed by atoms with E-state index in [-0.39, 0.29) is 23.8 Å². The minimum absolute atomic E-state index is 0.0838. The van der Waals surface area contributed by atoms with Crippen LogP contribution in [-0.4, -0.2) is 39.2 Å². The van der Waals surface area contributed by atoms with Crippen molar-refractivity contribution in [2.75, 3.05) is 27.4 Å². The average Bonchev–Trinajstić information content (AvgIpc) is 3.15. The summed E-state index contributed by atoms with van der Waals surface area (Å²) in [4.78, 5) is 25.1. The molecule has 0 saturated heterocycles. The highest BCUT2D eigenvalue weighted by Crippen LogP contribution is 2.47. The van der Waals surface area contributed by atoms with Crippen molar-refractivity contribution in [3.63, 3.8) is 0 Å². The number of ketones is 1. The molecule has 0 amide bonds. The first kappa shape index (κ1) is 24.6. The van der Waals surface area contributed by atoms with Gasteiger partial charge in [-0.3, -0.25) is 9.59 Å². The molecule has 2 aromatic carbocycles. The fourth-order valence-corrected chi connectivity index (χ4v) is 3.79. The van der Waals surface area contributed by atoms with E-state index in [2.05, 4.69) is 0 Å². The standard InChI is InChI=1S/C27H34O6/c1-26(2,3)15-33-25(29)27(4,5)16-32-23-20(12-14-22(30-6)24(23)31-7)17-9-8-10-19-18(17)11-13-21(19)28/h8-10,12,14H,11,13,15-16H2,1-7H3. The molecule has 6 heteroatoms. The van der Waals surface area contributed by atoms with Crippen LogP contribution in [-0.2, 0) is 16.0 Å². The van der Waals surface area contributed by atoms with Crippen molar-refractivity contribution in [2.45, 2.75) is 47.5 Å². The predicted molar refractivity (Wildman–Crippen MR) is 127 cm³/mol. The van der Waals surface area contributed by atoms with Crippen molar-refractivity contribution in [1.82, 2.24) is 0 Å². The molecule has 0 radical (unpaired) electrons. The third-order valence-corrected chi connectivity index (χ3v) is 5.63. The summed E-state index contributed by atoms with van der Waals surface area (Å²) >= 11 is 0. The van der Waals surface area contributed by atoms with Crippen LogP contribution >= 0.6 is 0 Å². The number of hydrogen-bond donors (Lipinski definition) is 0. The van der Waals surface area contributed by atoms with Gasteiger partial charge in [0.1, 0.15) is 6.61 Å². The Labute approximate surface area is 196 Å². The van der Waals surface area contributed by atoms with Crippen LogP contribution in [0.2, 0.25) is 0 Å². The SMILES string of the molecule is COc1ccc(-c2cccc3c2CCC3=O)c(OCC(C)(C)C(=O)OCC(C)(C)C)c1OC. The summed E-state index contributed by atoms with van der Waals surface area (Å²) < 4.78 is 22.9. The summed E-state index contributed by atoms with van der Waals surface area (Å²) in [5.74, 6) is 1.26. The fourth-order valence-electron chi connectivity index (χ4n) is 3.79. The Kier molecular flexibility index (Phi) is 7.06. The molecule has 0 atom stereocenters. The molecule has 0 spiro atoms. The molecular weight excluding hydrogens is 420 g/mol. The lowest BCUT2D eigenvalue weighted by atomic mass is 9.93. The van der Waals surface area contributed by atoms with Crippen LogP contribution in [0.4, 0.5) is 0 Å². The summed E-state index contributed by atoms with van der Waals surface area (Å²) in [7, 11) is 3.12. The van der Waals surface area contributed by atoms with Crippen molar-refractivity contribution in [3.8, 4) is 28.4 Å². The maximum atomic E-state index is 12.8. The average molecular weight is 455 g/mol. The summed E-state index contributed by atoms with van der Waals surface area (Å²) in [6.07, 6.45) is 1.19. The zero-order valence-corrected chi connectivity index (χ0v) is 20.7. The van der Waals surface area contributed by atoms with Gasteiger partial charge in [0, 0.05) is 17.5 Å². The van der Waals surface area contributed by atoms with Crippen LogP contribution in [0.5, 0.6) is 17.2 Å². The number of fused-ring (bicyclic) bond motifs is 1. The third-order valence-electron chi connectivity index (χ3n) is 5.63. The van der Waals surface area contributed by atoms with Gasteiger partial charge in [0.25, 0.3) is 0 Å². The molecule has 178 valence electrons. The Balaban J connectivity index is 1.98. The number of rotatable bonds is 8. The fraction of sp³-hybridized carbons (Fsp3) is 0.481. The largest absolute Gasteiger partial charge is 0.493 e. The van der Waals surface area contributed by atoms with Gasteiger partial charge in [0.05, 0.1) is 26.2 Å². The minimum atomic E-state index is -0.884. The second-order valence-corrected chi connectivity index (χ2v) is 10.2. The van der Waals surface area contributed by atoms with Gasteiger partial charge in [0.15, 0.2) is 17.3 Å². The maximum Gasteiger partial charge on any atom is 0.314 e. The number of carbonyl (C=O) groups excluding carboxylic acids is 2. The smallest absolute Gasteiger partial charge is 0.314 e. The number of benzene rings is 2. The molecule has 6 nitrogen and oxygen atoms in total. The maximum absolute atomic E-state index is 12.8. The molecule has 0 aliphatic heterocycles. The zero-order chi connectivity index (χ0) is 24.4. The van der Waals surface area contributed by atoms with Gasteiger partial charge in [-0.15, -0.1) is 0 Å². The molecule has 2 aromatic rings. The molecule has 0 saturated carbocycles. The molecule has 33 heavy (non-hydrogen) atoms. The van der Waals surface area contributed by atoms with E-state index in [1.54, 1.807) is 28.1 Å². The van der Waals surface area contributed by atoms with Gasteiger partial charge in [-0.2, -0.15) is 0 Å². The van der Waals surface area contributed by atoms with Crippen LogP contribution in [0.15, 0.2) is 30.3 Å². The Hall–Kier alpha value is -3.02. The van der Waals surface area contributed by atoms with E-state index >= 15 is 0 Å². The Bertz CT molecular complexity index is 1050. The van der Waals surface area contributed by atoms with Gasteiger partial charge in [0.2, 0.25) is 5.75 Å². The second kappa shape index (κ2) is 9.46. The van der Waals surface area contributed by atoms with Gasteiger partial charge in [-0.05, 0) is 48.9 Å². The Morgan fingerprint density at radius 3 is 2.18 bits per heavy atom. The lowest BCUT2D eigenvalue weighted by molar-refractivity contribution is -0.158. The highest BCUT2D eigenvalue weighted by Gasteiger charge is 2.33. The lowest BCUT2D eigenvalue weighted by Gasteiger charge is -2.27. The number of carbonyl (C=O) groups is 2. The zero-order valence-electron chi connectivity index (χ0n) is 20.7. The van der Waals surface area contributed by atoms with E-state index in [0.29, 0.717) is 36.7 Å². The van der Waals surface area contributed by atoms with Crippen molar-refractivity contribution < 1.29 is 28.5 Å². The molecule has 1 aliphatic carbocycles. The molecular formula is C27H34O6. The van der Waals surface area contributed by atoms with Crippen LogP contribution in [0.3, 0.4) is 0 Å². The number of esters is 1. The first-order valence-electron chi connectivity index (χ1n) is 11.2. The van der Waals surface area contributed by atoms with Crippen LogP contribution in [0.25, 0.3) is 11.1 Å². The molecule has 0 aromatic heterocycles. The Morgan fingerprint density at radius 1 is 0.848 bits per heavy atom. The van der Waals surface area contributed by atoms with E-state index in [4.69, 9.17) is 18.9 Å². The van der Waals surface area contributed by atoms with Crippen molar-refractivity contribution in [1.29, 1.82) is 0 Å². The summed E-state index contributed by atoms with van der Waals surface area (Å²) in [6.45, 7) is 10.0.